The Kier molecular flexibility index (Phi) is 3.66. The van der Waals surface area contributed by atoms with Crippen molar-refractivity contribution in [2.75, 3.05) is 7.11 Å². The Morgan fingerprint density at radius 3 is 2.37 bits per heavy atom. The van der Waals surface area contributed by atoms with Gasteiger partial charge in [0.1, 0.15) is 17.3 Å². The molecule has 0 unspecified atom stereocenters. The fourth-order valence-electron chi connectivity index (χ4n) is 1.69. The van der Waals surface area contributed by atoms with Crippen molar-refractivity contribution >= 4 is 5.84 Å². The number of rotatable bonds is 4. The highest BCUT2D eigenvalue weighted by atomic mass is 16.5. The van der Waals surface area contributed by atoms with E-state index in [0.29, 0.717) is 17.2 Å². The van der Waals surface area contributed by atoms with Crippen molar-refractivity contribution in [1.29, 1.82) is 5.41 Å². The first-order chi connectivity index (χ1) is 9.11. The van der Waals surface area contributed by atoms with Crippen molar-refractivity contribution in [3.8, 4) is 17.4 Å². The molecule has 2 aromatic rings. The van der Waals surface area contributed by atoms with E-state index in [9.17, 15) is 0 Å². The molecule has 0 fully saturated rings. The van der Waals surface area contributed by atoms with Crippen molar-refractivity contribution in [3.05, 3.63) is 47.7 Å². The normalized spacial score (nSPS) is 10.0. The molecule has 5 heteroatoms. The first-order valence-corrected chi connectivity index (χ1v) is 5.73. The van der Waals surface area contributed by atoms with E-state index in [1.54, 1.807) is 43.6 Å². The minimum Gasteiger partial charge on any atom is -0.497 e. The second-order valence-electron chi connectivity index (χ2n) is 4.00. The SMILES string of the molecule is COc1ccc(Oc2nccc(C)c2C(=N)N)cc1. The summed E-state index contributed by atoms with van der Waals surface area (Å²) >= 11 is 0. The topological polar surface area (TPSA) is 81.2 Å². The smallest absolute Gasteiger partial charge is 0.230 e. The van der Waals surface area contributed by atoms with Gasteiger partial charge in [0.05, 0.1) is 12.7 Å². The van der Waals surface area contributed by atoms with Crippen LogP contribution in [0.5, 0.6) is 17.4 Å². The molecule has 0 aliphatic heterocycles. The van der Waals surface area contributed by atoms with E-state index < -0.39 is 0 Å². The van der Waals surface area contributed by atoms with Gasteiger partial charge in [-0.2, -0.15) is 0 Å². The van der Waals surface area contributed by atoms with E-state index in [4.69, 9.17) is 20.6 Å². The number of aromatic nitrogens is 1. The summed E-state index contributed by atoms with van der Waals surface area (Å²) in [5, 5.41) is 7.58. The fraction of sp³-hybridized carbons (Fsp3) is 0.143. The van der Waals surface area contributed by atoms with Gasteiger partial charge in [-0.15, -0.1) is 0 Å². The summed E-state index contributed by atoms with van der Waals surface area (Å²) in [5.74, 6) is 1.63. The Morgan fingerprint density at radius 2 is 1.79 bits per heavy atom. The van der Waals surface area contributed by atoms with E-state index in [1.165, 1.54) is 0 Å². The number of nitrogens with two attached hydrogens (primary N) is 1. The molecule has 0 bridgehead atoms. The van der Waals surface area contributed by atoms with E-state index in [1.807, 2.05) is 6.92 Å². The zero-order chi connectivity index (χ0) is 13.8. The maximum absolute atomic E-state index is 7.58. The summed E-state index contributed by atoms with van der Waals surface area (Å²) < 4.78 is 10.7. The highest BCUT2D eigenvalue weighted by molar-refractivity contribution is 5.98. The molecular formula is C14H15N3O2. The fourth-order valence-corrected chi connectivity index (χ4v) is 1.69. The van der Waals surface area contributed by atoms with Crippen molar-refractivity contribution < 1.29 is 9.47 Å². The molecule has 0 atom stereocenters. The molecule has 98 valence electrons. The number of ether oxygens (including phenoxy) is 2. The minimum atomic E-state index is -0.0610. The number of pyridine rings is 1. The van der Waals surface area contributed by atoms with Gasteiger partial charge < -0.3 is 15.2 Å². The Morgan fingerprint density at radius 1 is 1.16 bits per heavy atom. The van der Waals surface area contributed by atoms with Gasteiger partial charge >= 0.3 is 0 Å². The number of aryl methyl sites for hydroxylation is 1. The number of nitrogens with zero attached hydrogens (tertiary/aromatic N) is 1. The number of benzene rings is 1. The molecule has 0 spiro atoms. The van der Waals surface area contributed by atoms with E-state index in [2.05, 4.69) is 4.98 Å². The number of nitrogens with one attached hydrogen (secondary N) is 1. The lowest BCUT2D eigenvalue weighted by Gasteiger charge is -2.11. The van der Waals surface area contributed by atoms with Crippen LogP contribution in [-0.4, -0.2) is 17.9 Å². The number of nitrogen functional groups attached to an aromatic ring is 1. The maximum Gasteiger partial charge on any atom is 0.230 e. The van der Waals surface area contributed by atoms with Gasteiger partial charge in [0.2, 0.25) is 5.88 Å². The molecule has 3 N–H and O–H groups in total. The van der Waals surface area contributed by atoms with Crippen molar-refractivity contribution in [2.24, 2.45) is 5.73 Å². The van der Waals surface area contributed by atoms with Crippen molar-refractivity contribution in [2.45, 2.75) is 6.92 Å². The molecule has 0 amide bonds. The van der Waals surface area contributed by atoms with Gasteiger partial charge in [0.25, 0.3) is 0 Å². The Labute approximate surface area is 111 Å². The summed E-state index contributed by atoms with van der Waals surface area (Å²) in [5.41, 5.74) is 6.92. The standard InChI is InChI=1S/C14H15N3O2/c1-9-7-8-17-14(12(9)13(15)16)19-11-5-3-10(18-2)4-6-11/h3-8H,1-2H3,(H3,15,16). The lowest BCUT2D eigenvalue weighted by atomic mass is 10.1. The lowest BCUT2D eigenvalue weighted by Crippen LogP contribution is -2.14. The third-order valence-corrected chi connectivity index (χ3v) is 2.67. The van der Waals surface area contributed by atoms with Crippen LogP contribution in [0.4, 0.5) is 0 Å². The molecule has 1 heterocycles. The molecule has 1 aromatic heterocycles. The van der Waals surface area contributed by atoms with Crippen LogP contribution in [-0.2, 0) is 0 Å². The van der Waals surface area contributed by atoms with Crippen LogP contribution < -0.4 is 15.2 Å². The van der Waals surface area contributed by atoms with Crippen LogP contribution in [0.1, 0.15) is 11.1 Å². The predicted octanol–water partition coefficient (Wildman–Crippen LogP) is 2.47. The predicted molar refractivity (Wildman–Crippen MR) is 73.1 cm³/mol. The summed E-state index contributed by atoms with van der Waals surface area (Å²) in [6, 6.07) is 8.91. The van der Waals surface area contributed by atoms with Gasteiger partial charge in [0, 0.05) is 6.20 Å². The largest absolute Gasteiger partial charge is 0.497 e. The van der Waals surface area contributed by atoms with Gasteiger partial charge in [0.15, 0.2) is 0 Å². The number of hydrogen-bond donors (Lipinski definition) is 2. The van der Waals surface area contributed by atoms with Crippen LogP contribution in [0.15, 0.2) is 36.5 Å². The summed E-state index contributed by atoms with van der Waals surface area (Å²) in [7, 11) is 1.60. The molecule has 0 saturated carbocycles. The Bertz CT molecular complexity index is 594. The number of amidine groups is 1. The Balaban J connectivity index is 2.32. The Hall–Kier alpha value is -2.56. The van der Waals surface area contributed by atoms with Gasteiger partial charge in [-0.3, -0.25) is 5.41 Å². The van der Waals surface area contributed by atoms with Crippen LogP contribution >= 0.6 is 0 Å². The molecule has 19 heavy (non-hydrogen) atoms. The third kappa shape index (κ3) is 2.82. The van der Waals surface area contributed by atoms with Gasteiger partial charge in [-0.05, 0) is 42.8 Å². The number of hydrogen-bond acceptors (Lipinski definition) is 4. The van der Waals surface area contributed by atoms with Crippen LogP contribution in [0, 0.1) is 12.3 Å². The second-order valence-corrected chi connectivity index (χ2v) is 4.00. The zero-order valence-electron chi connectivity index (χ0n) is 10.8. The third-order valence-electron chi connectivity index (χ3n) is 2.67. The average molecular weight is 257 g/mol. The lowest BCUT2D eigenvalue weighted by molar-refractivity contribution is 0.412. The molecule has 0 radical (unpaired) electrons. The highest BCUT2D eigenvalue weighted by Crippen LogP contribution is 2.26. The molecule has 0 saturated heterocycles. The quantitative estimate of drug-likeness (QED) is 0.651. The van der Waals surface area contributed by atoms with Crippen molar-refractivity contribution in [3.63, 3.8) is 0 Å². The van der Waals surface area contributed by atoms with E-state index in [0.717, 1.165) is 11.3 Å². The van der Waals surface area contributed by atoms with Crippen LogP contribution in [0.3, 0.4) is 0 Å². The molecule has 1 aromatic carbocycles. The highest BCUT2D eigenvalue weighted by Gasteiger charge is 2.12. The zero-order valence-corrected chi connectivity index (χ0v) is 10.8. The van der Waals surface area contributed by atoms with Gasteiger partial charge in [-0.25, -0.2) is 4.98 Å². The van der Waals surface area contributed by atoms with Crippen LogP contribution in [0.25, 0.3) is 0 Å². The van der Waals surface area contributed by atoms with Gasteiger partial charge in [-0.1, -0.05) is 0 Å². The summed E-state index contributed by atoms with van der Waals surface area (Å²) in [4.78, 5) is 4.12. The van der Waals surface area contributed by atoms with Crippen LogP contribution in [0.2, 0.25) is 0 Å². The molecule has 5 nitrogen and oxygen atoms in total. The van der Waals surface area contributed by atoms with E-state index >= 15 is 0 Å². The molecular weight excluding hydrogens is 242 g/mol. The maximum atomic E-state index is 7.58. The second kappa shape index (κ2) is 5.39. The number of methoxy groups -OCH3 is 1. The molecule has 0 aliphatic carbocycles. The van der Waals surface area contributed by atoms with E-state index in [-0.39, 0.29) is 5.84 Å². The summed E-state index contributed by atoms with van der Waals surface area (Å²) in [6.45, 7) is 1.86. The monoisotopic (exact) mass is 257 g/mol. The van der Waals surface area contributed by atoms with Crippen molar-refractivity contribution in [1.82, 2.24) is 4.98 Å². The first kappa shape index (κ1) is 12.9. The minimum absolute atomic E-state index is 0.0610. The summed E-state index contributed by atoms with van der Waals surface area (Å²) in [6.07, 6.45) is 1.63. The average Bonchev–Trinajstić information content (AvgIpc) is 2.39. The molecule has 2 rings (SSSR count). The first-order valence-electron chi connectivity index (χ1n) is 5.73. The molecule has 0 aliphatic rings.